The third-order valence-corrected chi connectivity index (χ3v) is 7.24. The van der Waals surface area contributed by atoms with E-state index in [4.69, 9.17) is 32.7 Å². The Bertz CT molecular complexity index is 1910. The van der Waals surface area contributed by atoms with Crippen LogP contribution in [-0.4, -0.2) is 55.7 Å². The minimum absolute atomic E-state index is 0.0323. The second kappa shape index (κ2) is 12.2. The zero-order valence-electron chi connectivity index (χ0n) is 24.4. The lowest BCUT2D eigenvalue weighted by atomic mass is 9.98. The molecular formula is C29H26Cl2F3N7O4. The first kappa shape index (κ1) is 32.1. The van der Waals surface area contributed by atoms with E-state index in [9.17, 15) is 23.6 Å². The van der Waals surface area contributed by atoms with Crippen LogP contribution in [0.25, 0.3) is 33.3 Å². The fraction of sp³-hybridized carbons (Fsp3) is 0.379. The van der Waals surface area contributed by atoms with Crippen molar-refractivity contribution >= 4 is 45.9 Å². The zero-order chi connectivity index (χ0) is 32.8. The van der Waals surface area contributed by atoms with Crippen LogP contribution in [-0.2, 0) is 17.7 Å². The number of aromatic nitrogens is 5. The molecule has 3 heterocycles. The van der Waals surface area contributed by atoms with Crippen LogP contribution in [0.3, 0.4) is 0 Å². The molecule has 0 radical (unpaired) electrons. The molecule has 1 aliphatic rings. The summed E-state index contributed by atoms with van der Waals surface area (Å²) in [6.07, 6.45) is -1.56. The van der Waals surface area contributed by atoms with E-state index in [1.807, 2.05) is 6.07 Å². The first-order chi connectivity index (χ1) is 21.2. The number of carbonyl (C=O) groups is 1. The third kappa shape index (κ3) is 6.41. The van der Waals surface area contributed by atoms with Gasteiger partial charge in [-0.25, -0.2) is 28.0 Å². The summed E-state index contributed by atoms with van der Waals surface area (Å²) in [4.78, 5) is 31.4. The maximum absolute atomic E-state index is 15.8. The molecule has 1 fully saturated rings. The average molecular weight is 664 g/mol. The van der Waals surface area contributed by atoms with Gasteiger partial charge in [0.25, 0.3) is 12.0 Å². The molecule has 0 bridgehead atoms. The number of nitrogens with one attached hydrogen (secondary N) is 1. The van der Waals surface area contributed by atoms with Crippen molar-refractivity contribution in [2.24, 2.45) is 7.05 Å². The highest BCUT2D eigenvalue weighted by Gasteiger charge is 2.33. The number of nitriles is 1. The maximum atomic E-state index is 15.8. The van der Waals surface area contributed by atoms with Gasteiger partial charge in [0.05, 0.1) is 57.8 Å². The van der Waals surface area contributed by atoms with Crippen LogP contribution in [0.5, 0.6) is 5.75 Å². The van der Waals surface area contributed by atoms with E-state index in [2.05, 4.69) is 20.3 Å². The molecule has 1 amide bonds. The summed E-state index contributed by atoms with van der Waals surface area (Å²) in [7, 11) is 1.49. The van der Waals surface area contributed by atoms with Gasteiger partial charge in [0.2, 0.25) is 0 Å². The molecule has 1 saturated carbocycles. The smallest absolute Gasteiger partial charge is 0.416 e. The molecule has 0 aliphatic heterocycles. The van der Waals surface area contributed by atoms with Gasteiger partial charge in [0.15, 0.2) is 11.6 Å². The Labute approximate surface area is 264 Å². The molecule has 0 saturated heterocycles. The number of rotatable bonds is 8. The molecule has 0 unspecified atom stereocenters. The first-order valence-corrected chi connectivity index (χ1v) is 14.5. The van der Waals surface area contributed by atoms with E-state index in [1.54, 1.807) is 20.8 Å². The van der Waals surface area contributed by atoms with Gasteiger partial charge in [-0.2, -0.15) is 15.5 Å². The molecule has 4 aromatic rings. The number of aryl methyl sites for hydroxylation is 1. The quantitative estimate of drug-likeness (QED) is 0.216. The normalized spacial score (nSPS) is 13.3. The summed E-state index contributed by atoms with van der Waals surface area (Å²) in [6, 6.07) is 4.62. The molecule has 45 heavy (non-hydrogen) atoms. The van der Waals surface area contributed by atoms with Crippen molar-refractivity contribution < 1.29 is 27.4 Å². The van der Waals surface area contributed by atoms with Crippen LogP contribution in [0.4, 0.5) is 23.8 Å². The predicted octanol–water partition coefficient (Wildman–Crippen LogP) is 6.34. The first-order valence-electron chi connectivity index (χ1n) is 13.6. The third-order valence-electron chi connectivity index (χ3n) is 6.71. The number of carbonyl (C=O) groups excluding carboxylic acids is 1. The molecule has 1 N–H and O–H groups in total. The number of H-pyrrole nitrogens is 1. The van der Waals surface area contributed by atoms with Gasteiger partial charge in [-0.1, -0.05) is 11.6 Å². The number of hydrogen-bond donors (Lipinski definition) is 1. The second-order valence-corrected chi connectivity index (χ2v) is 11.9. The molecule has 0 atom stereocenters. The number of alkyl halides is 3. The van der Waals surface area contributed by atoms with Crippen LogP contribution in [0, 0.1) is 17.1 Å². The van der Waals surface area contributed by atoms with Gasteiger partial charge in [-0.05, 0) is 39.7 Å². The average Bonchev–Trinajstić information content (AvgIpc) is 3.70. The van der Waals surface area contributed by atoms with Gasteiger partial charge in [-0.3, -0.25) is 14.4 Å². The Kier molecular flexibility index (Phi) is 8.70. The zero-order valence-corrected chi connectivity index (χ0v) is 25.9. The molecule has 3 aromatic heterocycles. The molecule has 236 valence electrons. The summed E-state index contributed by atoms with van der Waals surface area (Å²) in [6.45, 7) is 3.46. The van der Waals surface area contributed by atoms with Crippen molar-refractivity contribution in [1.29, 1.82) is 5.26 Å². The SMILES string of the molecule is Cn1ncc(-c2cc3c(CCl)n[nH]c(=O)c3c(N(CC(F)F)C(=O)OC(C)(C)C)n2)c1-c1c(F)c(Cl)cc(OC2CC2)c1C#N. The molecule has 1 aliphatic carbocycles. The van der Waals surface area contributed by atoms with Crippen LogP contribution < -0.4 is 15.2 Å². The van der Waals surface area contributed by atoms with Crippen molar-refractivity contribution in [1.82, 2.24) is 25.0 Å². The minimum atomic E-state index is -3.05. The molecule has 16 heteroatoms. The van der Waals surface area contributed by atoms with Crippen LogP contribution >= 0.6 is 23.2 Å². The number of hydrogen-bond acceptors (Lipinski definition) is 8. The van der Waals surface area contributed by atoms with Gasteiger partial charge < -0.3 is 9.47 Å². The molecule has 1 aromatic carbocycles. The summed E-state index contributed by atoms with van der Waals surface area (Å²) in [5.41, 5.74) is -2.07. The molecule has 11 nitrogen and oxygen atoms in total. The Hall–Kier alpha value is -4.35. The van der Waals surface area contributed by atoms with Crippen LogP contribution in [0.1, 0.15) is 44.9 Å². The summed E-state index contributed by atoms with van der Waals surface area (Å²) in [5.74, 6) is -1.56. The lowest BCUT2D eigenvalue weighted by Gasteiger charge is -2.27. The predicted molar refractivity (Wildman–Crippen MR) is 160 cm³/mol. The number of fused-ring (bicyclic) bond motifs is 1. The van der Waals surface area contributed by atoms with Gasteiger partial charge >= 0.3 is 6.09 Å². The van der Waals surface area contributed by atoms with Crippen molar-refractivity contribution in [2.45, 2.75) is 57.6 Å². The number of nitrogens with zero attached hydrogens (tertiary/aromatic N) is 6. The highest BCUT2D eigenvalue weighted by atomic mass is 35.5. The fourth-order valence-corrected chi connectivity index (χ4v) is 5.07. The number of pyridine rings is 1. The summed E-state index contributed by atoms with van der Waals surface area (Å²) in [5, 5.41) is 20.1. The van der Waals surface area contributed by atoms with E-state index in [0.717, 1.165) is 12.8 Å². The number of halogens is 5. The lowest BCUT2D eigenvalue weighted by Crippen LogP contribution is -2.40. The Morgan fingerprint density at radius 2 is 2.02 bits per heavy atom. The van der Waals surface area contributed by atoms with Crippen molar-refractivity contribution in [3.05, 3.63) is 50.8 Å². The fourth-order valence-electron chi connectivity index (χ4n) is 4.67. The topological polar surface area (TPSA) is 139 Å². The van der Waals surface area contributed by atoms with Crippen molar-refractivity contribution in [3.8, 4) is 34.3 Å². The monoisotopic (exact) mass is 663 g/mol. The number of benzene rings is 1. The second-order valence-electron chi connectivity index (χ2n) is 11.2. The molecule has 5 rings (SSSR count). The highest BCUT2D eigenvalue weighted by Crippen LogP contribution is 2.43. The molecular weight excluding hydrogens is 638 g/mol. The Morgan fingerprint density at radius 1 is 1.31 bits per heavy atom. The Balaban J connectivity index is 1.83. The van der Waals surface area contributed by atoms with Crippen LogP contribution in [0.15, 0.2) is 23.1 Å². The lowest BCUT2D eigenvalue weighted by molar-refractivity contribution is 0.0542. The van der Waals surface area contributed by atoms with E-state index < -0.39 is 41.9 Å². The van der Waals surface area contributed by atoms with E-state index in [1.165, 1.54) is 30.1 Å². The van der Waals surface area contributed by atoms with Crippen LogP contribution in [0.2, 0.25) is 5.02 Å². The molecule has 0 spiro atoms. The standard InChI is InChI=1S/C29H26Cl2F3N7O4/c1-29(2,3)45-28(43)41(12-21(32)33)26-23-14(19(9-30)38-39-27(23)42)7-18(37-26)16-11-36-40(4)25(16)22-15(10-35)20(44-13-5-6-13)8-17(31)24(22)34/h7-8,11,13,21H,5-6,9,12H2,1-4H3,(H,39,42). The van der Waals surface area contributed by atoms with E-state index in [0.29, 0.717) is 4.90 Å². The minimum Gasteiger partial charge on any atom is -0.489 e. The van der Waals surface area contributed by atoms with E-state index >= 15 is 4.39 Å². The largest absolute Gasteiger partial charge is 0.489 e. The number of anilines is 1. The van der Waals surface area contributed by atoms with Crippen molar-refractivity contribution in [2.75, 3.05) is 11.4 Å². The van der Waals surface area contributed by atoms with Crippen molar-refractivity contribution in [3.63, 3.8) is 0 Å². The highest BCUT2D eigenvalue weighted by molar-refractivity contribution is 6.31. The van der Waals surface area contributed by atoms with Gasteiger partial charge in [-0.15, -0.1) is 11.6 Å². The summed E-state index contributed by atoms with van der Waals surface area (Å²) < 4.78 is 56.2. The van der Waals surface area contributed by atoms with Gasteiger partial charge in [0.1, 0.15) is 23.0 Å². The number of aromatic amines is 1. The van der Waals surface area contributed by atoms with E-state index in [-0.39, 0.29) is 67.3 Å². The van der Waals surface area contributed by atoms with Gasteiger partial charge in [0, 0.05) is 24.1 Å². The number of ether oxygens (including phenoxy) is 2. The summed E-state index contributed by atoms with van der Waals surface area (Å²) >= 11 is 12.4. The Morgan fingerprint density at radius 3 is 2.62 bits per heavy atom. The maximum Gasteiger partial charge on any atom is 0.416 e. The number of amides is 1.